The minimum atomic E-state index is -0.312. The summed E-state index contributed by atoms with van der Waals surface area (Å²) in [7, 11) is 0. The van der Waals surface area contributed by atoms with Crippen LogP contribution in [-0.4, -0.2) is 9.55 Å². The van der Waals surface area contributed by atoms with Crippen LogP contribution in [0.25, 0.3) is 16.7 Å². The van der Waals surface area contributed by atoms with E-state index < -0.39 is 0 Å². The predicted octanol–water partition coefficient (Wildman–Crippen LogP) is 5.24. The number of nitrogens with one attached hydrogen (secondary N) is 1. The zero-order chi connectivity index (χ0) is 13.6. The monoisotopic (exact) mass is 356 g/mol. The highest BCUT2D eigenvalue weighted by atomic mass is 79.9. The second kappa shape index (κ2) is 4.74. The van der Waals surface area contributed by atoms with Gasteiger partial charge in [-0.1, -0.05) is 17.7 Å². The van der Waals surface area contributed by atoms with E-state index in [0.29, 0.717) is 15.3 Å². The molecule has 0 amide bonds. The van der Waals surface area contributed by atoms with Gasteiger partial charge in [0, 0.05) is 6.07 Å². The highest BCUT2D eigenvalue weighted by Gasteiger charge is 2.11. The number of halogens is 3. The van der Waals surface area contributed by atoms with Crippen LogP contribution in [-0.2, 0) is 0 Å². The summed E-state index contributed by atoms with van der Waals surface area (Å²) in [5.74, 6) is -0.312. The van der Waals surface area contributed by atoms with Crippen LogP contribution in [0.15, 0.2) is 40.9 Å². The first kappa shape index (κ1) is 12.8. The Morgan fingerprint density at radius 3 is 2.84 bits per heavy atom. The molecule has 0 bridgehead atoms. The molecule has 1 heterocycles. The molecule has 3 aromatic rings. The molecule has 0 saturated heterocycles. The molecule has 0 aliphatic rings. The summed E-state index contributed by atoms with van der Waals surface area (Å²) in [6.07, 6.45) is 0. The van der Waals surface area contributed by atoms with Crippen molar-refractivity contribution in [3.63, 3.8) is 0 Å². The van der Waals surface area contributed by atoms with Gasteiger partial charge in [0.15, 0.2) is 4.77 Å². The summed E-state index contributed by atoms with van der Waals surface area (Å²) in [5, 5.41) is 0.574. The molecular weight excluding hydrogens is 351 g/mol. The fourth-order valence-electron chi connectivity index (χ4n) is 1.98. The summed E-state index contributed by atoms with van der Waals surface area (Å²) in [4.78, 5) is 3.05. The van der Waals surface area contributed by atoms with Crippen molar-refractivity contribution < 1.29 is 4.39 Å². The third kappa shape index (κ3) is 2.12. The van der Waals surface area contributed by atoms with E-state index in [1.165, 1.54) is 12.1 Å². The van der Waals surface area contributed by atoms with Gasteiger partial charge in [0.2, 0.25) is 0 Å². The number of hydrogen-bond acceptors (Lipinski definition) is 1. The van der Waals surface area contributed by atoms with Crippen molar-refractivity contribution in [2.45, 2.75) is 0 Å². The molecule has 0 aliphatic carbocycles. The van der Waals surface area contributed by atoms with Crippen molar-refractivity contribution in [2.24, 2.45) is 0 Å². The zero-order valence-electron chi connectivity index (χ0n) is 9.45. The minimum Gasteiger partial charge on any atom is -0.330 e. The number of benzene rings is 2. The molecule has 2 aromatic carbocycles. The standard InChI is InChI=1S/C13H7BrClFN2S/c14-12-8(15)2-1-3-10(12)18-11-6-7(16)4-5-9(11)17-13(18)19/h1-6H,(H,17,19). The fourth-order valence-corrected chi connectivity index (χ4v) is 2.90. The Labute approximate surface area is 127 Å². The molecule has 2 nitrogen and oxygen atoms in total. The van der Waals surface area contributed by atoms with Crippen LogP contribution in [0, 0.1) is 10.6 Å². The third-order valence-corrected chi connectivity index (χ3v) is 4.48. The van der Waals surface area contributed by atoms with E-state index in [2.05, 4.69) is 20.9 Å². The van der Waals surface area contributed by atoms with Gasteiger partial charge in [-0.2, -0.15) is 0 Å². The van der Waals surface area contributed by atoms with E-state index in [-0.39, 0.29) is 5.82 Å². The van der Waals surface area contributed by atoms with Gasteiger partial charge in [-0.05, 0) is 52.4 Å². The molecule has 96 valence electrons. The topological polar surface area (TPSA) is 20.7 Å². The highest BCUT2D eigenvalue weighted by Crippen LogP contribution is 2.31. The number of imidazole rings is 1. The molecule has 1 N–H and O–H groups in total. The van der Waals surface area contributed by atoms with Crippen LogP contribution < -0.4 is 0 Å². The van der Waals surface area contributed by atoms with E-state index in [1.54, 1.807) is 16.7 Å². The van der Waals surface area contributed by atoms with Gasteiger partial charge >= 0.3 is 0 Å². The molecule has 0 atom stereocenters. The molecule has 0 fully saturated rings. The van der Waals surface area contributed by atoms with Gasteiger partial charge in [0.1, 0.15) is 5.82 Å². The van der Waals surface area contributed by atoms with Crippen LogP contribution in [0.3, 0.4) is 0 Å². The van der Waals surface area contributed by atoms with Crippen LogP contribution in [0.2, 0.25) is 5.02 Å². The molecule has 6 heteroatoms. The van der Waals surface area contributed by atoms with Crippen molar-refractivity contribution in [3.05, 3.63) is 56.5 Å². The molecule has 1 aromatic heterocycles. The highest BCUT2D eigenvalue weighted by molar-refractivity contribution is 9.10. The molecular formula is C13H7BrClFN2S. The van der Waals surface area contributed by atoms with Gasteiger partial charge in [0.05, 0.1) is 26.2 Å². The number of aromatic amines is 1. The zero-order valence-corrected chi connectivity index (χ0v) is 12.6. The maximum absolute atomic E-state index is 13.4. The van der Waals surface area contributed by atoms with E-state index >= 15 is 0 Å². The molecule has 0 unspecified atom stereocenters. The number of H-pyrrole nitrogens is 1. The van der Waals surface area contributed by atoms with E-state index in [9.17, 15) is 4.39 Å². The predicted molar refractivity (Wildman–Crippen MR) is 81.1 cm³/mol. The van der Waals surface area contributed by atoms with Crippen molar-refractivity contribution >= 4 is 50.8 Å². The summed E-state index contributed by atoms with van der Waals surface area (Å²) in [5.41, 5.74) is 2.22. The molecule has 3 rings (SSSR count). The second-order valence-electron chi connectivity index (χ2n) is 4.00. The van der Waals surface area contributed by atoms with Gasteiger partial charge < -0.3 is 4.98 Å². The number of rotatable bonds is 1. The first-order valence-corrected chi connectivity index (χ1v) is 7.00. The SMILES string of the molecule is Fc1ccc2[nH]c(=S)n(-c3cccc(Cl)c3Br)c2c1. The lowest BCUT2D eigenvalue weighted by molar-refractivity contribution is 0.629. The van der Waals surface area contributed by atoms with Crippen molar-refractivity contribution in [2.75, 3.05) is 0 Å². The summed E-state index contributed by atoms with van der Waals surface area (Å²) in [6.45, 7) is 0. The second-order valence-corrected chi connectivity index (χ2v) is 5.59. The minimum absolute atomic E-state index is 0.312. The Morgan fingerprint density at radius 2 is 2.05 bits per heavy atom. The maximum atomic E-state index is 13.4. The van der Waals surface area contributed by atoms with Crippen LogP contribution in [0.5, 0.6) is 0 Å². The van der Waals surface area contributed by atoms with E-state index in [4.69, 9.17) is 23.8 Å². The normalized spacial score (nSPS) is 11.1. The van der Waals surface area contributed by atoms with Crippen molar-refractivity contribution in [1.29, 1.82) is 0 Å². The Hall–Kier alpha value is -1.17. The van der Waals surface area contributed by atoms with Crippen LogP contribution >= 0.6 is 39.7 Å². The smallest absolute Gasteiger partial charge is 0.182 e. The quantitative estimate of drug-likeness (QED) is 0.590. The maximum Gasteiger partial charge on any atom is 0.182 e. The van der Waals surface area contributed by atoms with Gasteiger partial charge in [-0.3, -0.25) is 4.57 Å². The van der Waals surface area contributed by atoms with Gasteiger partial charge in [0.25, 0.3) is 0 Å². The van der Waals surface area contributed by atoms with E-state index in [1.807, 2.05) is 12.1 Å². The van der Waals surface area contributed by atoms with Gasteiger partial charge in [-0.25, -0.2) is 4.39 Å². The molecule has 0 aliphatic heterocycles. The molecule has 19 heavy (non-hydrogen) atoms. The molecule has 0 radical (unpaired) electrons. The summed E-state index contributed by atoms with van der Waals surface area (Å²) >= 11 is 14.8. The largest absolute Gasteiger partial charge is 0.330 e. The molecule has 0 spiro atoms. The van der Waals surface area contributed by atoms with Gasteiger partial charge in [-0.15, -0.1) is 0 Å². The Balaban J connectivity index is 2.42. The Bertz CT molecular complexity index is 840. The molecule has 0 saturated carbocycles. The third-order valence-electron chi connectivity index (χ3n) is 2.82. The number of nitrogens with zero attached hydrogens (tertiary/aromatic N) is 1. The van der Waals surface area contributed by atoms with Crippen LogP contribution in [0.4, 0.5) is 4.39 Å². The Kier molecular flexibility index (Phi) is 3.20. The summed E-state index contributed by atoms with van der Waals surface area (Å²) < 4.78 is 16.4. The van der Waals surface area contributed by atoms with Crippen molar-refractivity contribution in [1.82, 2.24) is 9.55 Å². The lowest BCUT2D eigenvalue weighted by atomic mass is 10.2. The van der Waals surface area contributed by atoms with E-state index in [0.717, 1.165) is 15.7 Å². The number of fused-ring (bicyclic) bond motifs is 1. The fraction of sp³-hybridized carbons (Fsp3) is 0. The van der Waals surface area contributed by atoms with Crippen LogP contribution in [0.1, 0.15) is 0 Å². The number of hydrogen-bond donors (Lipinski definition) is 1. The lowest BCUT2D eigenvalue weighted by Gasteiger charge is -2.08. The first-order chi connectivity index (χ1) is 9.08. The summed E-state index contributed by atoms with van der Waals surface area (Å²) in [6, 6.07) is 9.95. The number of aromatic nitrogens is 2. The Morgan fingerprint density at radius 1 is 1.26 bits per heavy atom. The van der Waals surface area contributed by atoms with Crippen molar-refractivity contribution in [3.8, 4) is 5.69 Å². The average Bonchev–Trinajstić information content (AvgIpc) is 2.69. The first-order valence-electron chi connectivity index (χ1n) is 5.42. The lowest BCUT2D eigenvalue weighted by Crippen LogP contribution is -1.95. The average molecular weight is 358 g/mol.